The number of rotatable bonds is 7. The minimum atomic E-state index is -1.09. The molecule has 2 N–H and O–H groups in total. The molecule has 6 rings (SSSR count). The Balaban J connectivity index is 1.50. The van der Waals surface area contributed by atoms with Crippen molar-refractivity contribution in [2.75, 3.05) is 19.5 Å². The number of benzene rings is 4. The number of aryl methyl sites for hydroxylation is 1. The van der Waals surface area contributed by atoms with Crippen LogP contribution >= 0.6 is 0 Å². The molecule has 5 aromatic rings. The van der Waals surface area contributed by atoms with Crippen molar-refractivity contribution in [3.63, 3.8) is 0 Å². The number of anilines is 2. The van der Waals surface area contributed by atoms with Crippen LogP contribution in [-0.2, 0) is 6.54 Å². The Morgan fingerprint density at radius 1 is 0.907 bits per heavy atom. The van der Waals surface area contributed by atoms with Crippen LogP contribution in [0.4, 0.5) is 16.0 Å². The number of carboxylic acids is 1. The predicted molar refractivity (Wildman–Crippen MR) is 163 cm³/mol. The molecule has 0 amide bonds. The van der Waals surface area contributed by atoms with Crippen molar-refractivity contribution in [1.82, 2.24) is 9.97 Å². The summed E-state index contributed by atoms with van der Waals surface area (Å²) in [7, 11) is 2.92. The number of fused-ring (bicyclic) bond motifs is 3. The minimum Gasteiger partial charge on any atom is -0.496 e. The maximum absolute atomic E-state index is 15.5. The molecule has 8 nitrogen and oxygen atoms in total. The highest BCUT2D eigenvalue weighted by Gasteiger charge is 2.26. The fraction of sp³-hybridized carbons (Fsp3) is 0.118. The molecule has 1 aliphatic rings. The van der Waals surface area contributed by atoms with Crippen LogP contribution < -0.4 is 14.8 Å². The average molecular weight is 575 g/mol. The summed E-state index contributed by atoms with van der Waals surface area (Å²) in [6.45, 7) is 2.27. The Morgan fingerprint density at radius 2 is 1.72 bits per heavy atom. The number of aliphatic imine (C=N–C) groups is 1. The molecule has 0 fully saturated rings. The van der Waals surface area contributed by atoms with E-state index in [0.717, 1.165) is 27.8 Å². The van der Waals surface area contributed by atoms with Gasteiger partial charge in [0.2, 0.25) is 5.95 Å². The van der Waals surface area contributed by atoms with E-state index in [1.54, 1.807) is 30.5 Å². The lowest BCUT2D eigenvalue weighted by molar-refractivity contribution is 0.0693. The summed E-state index contributed by atoms with van der Waals surface area (Å²) < 4.78 is 26.3. The summed E-state index contributed by atoms with van der Waals surface area (Å²) in [5.41, 5.74) is 7.34. The molecule has 0 spiro atoms. The minimum absolute atomic E-state index is 0.0440. The maximum Gasteiger partial charge on any atom is 0.339 e. The SMILES string of the molecule is COc1cc(Nc2ncc3c(n2)-c2ccc(-c4ccccc4C)cc2C(c2c(F)cccc2OC)=NC3)ccc1C(=O)O. The molecule has 2 heterocycles. The highest BCUT2D eigenvalue weighted by Crippen LogP contribution is 2.38. The molecule has 1 aromatic heterocycles. The zero-order valence-electron chi connectivity index (χ0n) is 23.7. The lowest BCUT2D eigenvalue weighted by atomic mass is 9.90. The zero-order chi connectivity index (χ0) is 30.1. The van der Waals surface area contributed by atoms with E-state index < -0.39 is 11.8 Å². The lowest BCUT2D eigenvalue weighted by Crippen LogP contribution is -2.10. The molecule has 0 saturated carbocycles. The summed E-state index contributed by atoms with van der Waals surface area (Å²) in [5.74, 6) is -0.649. The number of methoxy groups -OCH3 is 2. The van der Waals surface area contributed by atoms with Crippen LogP contribution in [0.15, 0.2) is 90.1 Å². The van der Waals surface area contributed by atoms with Crippen molar-refractivity contribution in [3.8, 4) is 33.9 Å². The van der Waals surface area contributed by atoms with Gasteiger partial charge in [-0.05, 0) is 53.9 Å². The second-order valence-electron chi connectivity index (χ2n) is 9.97. The summed E-state index contributed by atoms with van der Waals surface area (Å²) in [5, 5.41) is 12.6. The molecule has 43 heavy (non-hydrogen) atoms. The van der Waals surface area contributed by atoms with Gasteiger partial charge in [0.25, 0.3) is 0 Å². The summed E-state index contributed by atoms with van der Waals surface area (Å²) in [6.07, 6.45) is 1.69. The van der Waals surface area contributed by atoms with E-state index in [2.05, 4.69) is 16.4 Å². The van der Waals surface area contributed by atoms with E-state index in [9.17, 15) is 9.90 Å². The summed E-state index contributed by atoms with van der Waals surface area (Å²) in [4.78, 5) is 25.8. The van der Waals surface area contributed by atoms with Crippen LogP contribution in [0.3, 0.4) is 0 Å². The first-order valence-corrected chi connectivity index (χ1v) is 13.5. The van der Waals surface area contributed by atoms with E-state index in [1.165, 1.54) is 26.4 Å². The number of carbonyl (C=O) groups is 1. The highest BCUT2D eigenvalue weighted by atomic mass is 19.1. The Morgan fingerprint density at radius 3 is 2.49 bits per heavy atom. The normalized spacial score (nSPS) is 12.0. The molecule has 0 atom stereocenters. The molecule has 0 bridgehead atoms. The largest absolute Gasteiger partial charge is 0.496 e. The molecule has 4 aromatic carbocycles. The number of hydrogen-bond donors (Lipinski definition) is 2. The van der Waals surface area contributed by atoms with Crippen molar-refractivity contribution in [1.29, 1.82) is 0 Å². The van der Waals surface area contributed by atoms with Gasteiger partial charge in [-0.3, -0.25) is 4.99 Å². The van der Waals surface area contributed by atoms with E-state index in [0.29, 0.717) is 34.4 Å². The maximum atomic E-state index is 15.5. The lowest BCUT2D eigenvalue weighted by Gasteiger charge is -2.17. The number of aromatic carboxylic acids is 1. The third-order valence-electron chi connectivity index (χ3n) is 7.38. The summed E-state index contributed by atoms with van der Waals surface area (Å²) >= 11 is 0. The van der Waals surface area contributed by atoms with Gasteiger partial charge in [0.15, 0.2) is 0 Å². The smallest absolute Gasteiger partial charge is 0.339 e. The predicted octanol–water partition coefficient (Wildman–Crippen LogP) is 7.07. The van der Waals surface area contributed by atoms with Gasteiger partial charge in [-0.1, -0.05) is 42.5 Å². The Bertz CT molecular complexity index is 1920. The second-order valence-corrected chi connectivity index (χ2v) is 9.97. The topological polar surface area (TPSA) is 106 Å². The number of nitrogens with one attached hydrogen (secondary N) is 1. The molecule has 0 unspecified atom stereocenters. The Labute approximate surface area is 247 Å². The number of aromatic nitrogens is 2. The standard InChI is InChI=1S/C34H27FN4O4/c1-19-7-4-5-8-23(19)20-11-13-24-26(15-20)32(30-27(35)9-6-10-28(30)42-2)36-17-21-18-37-34(39-31(21)24)38-22-12-14-25(33(40)41)29(16-22)43-3/h4-16,18H,17H2,1-3H3,(H,40,41)(H,37,38,39). The number of carboxylic acid groups (broad SMARTS) is 1. The number of nitrogens with zero attached hydrogens (tertiary/aromatic N) is 3. The molecule has 0 aliphatic carbocycles. The van der Waals surface area contributed by atoms with Gasteiger partial charge in [0.05, 0.1) is 37.7 Å². The first-order valence-electron chi connectivity index (χ1n) is 13.5. The highest BCUT2D eigenvalue weighted by molar-refractivity contribution is 6.18. The average Bonchev–Trinajstić information content (AvgIpc) is 3.17. The summed E-state index contributed by atoms with van der Waals surface area (Å²) in [6, 6.07) is 23.5. The van der Waals surface area contributed by atoms with Crippen LogP contribution in [0.2, 0.25) is 0 Å². The van der Waals surface area contributed by atoms with Crippen LogP contribution in [0, 0.1) is 12.7 Å². The first-order chi connectivity index (χ1) is 20.9. The number of ether oxygens (including phenoxy) is 2. The van der Waals surface area contributed by atoms with Crippen LogP contribution in [-0.4, -0.2) is 41.0 Å². The quantitative estimate of drug-likeness (QED) is 0.214. The molecule has 9 heteroatoms. The van der Waals surface area contributed by atoms with Gasteiger partial charge in [-0.25, -0.2) is 19.2 Å². The second kappa shape index (κ2) is 11.4. The fourth-order valence-electron chi connectivity index (χ4n) is 5.27. The molecule has 1 aliphatic heterocycles. The molecule has 0 radical (unpaired) electrons. The number of hydrogen-bond acceptors (Lipinski definition) is 7. The van der Waals surface area contributed by atoms with Gasteiger partial charge in [-0.15, -0.1) is 0 Å². The van der Waals surface area contributed by atoms with Crippen LogP contribution in [0.1, 0.15) is 32.6 Å². The van der Waals surface area contributed by atoms with Crippen molar-refractivity contribution >= 4 is 23.3 Å². The van der Waals surface area contributed by atoms with Crippen LogP contribution in [0.5, 0.6) is 11.5 Å². The zero-order valence-corrected chi connectivity index (χ0v) is 23.7. The van der Waals surface area contributed by atoms with E-state index in [4.69, 9.17) is 19.5 Å². The van der Waals surface area contributed by atoms with Crippen molar-refractivity contribution in [2.45, 2.75) is 13.5 Å². The Hall–Kier alpha value is -5.57. The third kappa shape index (κ3) is 5.17. The monoisotopic (exact) mass is 574 g/mol. The molecular weight excluding hydrogens is 547 g/mol. The molecular formula is C34H27FN4O4. The van der Waals surface area contributed by atoms with Crippen molar-refractivity contribution < 1.29 is 23.8 Å². The fourth-order valence-corrected chi connectivity index (χ4v) is 5.27. The number of halogens is 1. The van der Waals surface area contributed by atoms with Crippen LogP contribution in [0.25, 0.3) is 22.4 Å². The van der Waals surface area contributed by atoms with Gasteiger partial charge in [-0.2, -0.15) is 0 Å². The van der Waals surface area contributed by atoms with E-state index in [-0.39, 0.29) is 23.4 Å². The van der Waals surface area contributed by atoms with Gasteiger partial charge < -0.3 is 19.9 Å². The molecule has 0 saturated heterocycles. The van der Waals surface area contributed by atoms with Crippen molar-refractivity contribution in [2.24, 2.45) is 4.99 Å². The van der Waals surface area contributed by atoms with Gasteiger partial charge in [0, 0.05) is 34.6 Å². The molecule has 214 valence electrons. The first kappa shape index (κ1) is 27.6. The van der Waals surface area contributed by atoms with Gasteiger partial charge in [0.1, 0.15) is 22.9 Å². The van der Waals surface area contributed by atoms with E-state index >= 15 is 4.39 Å². The van der Waals surface area contributed by atoms with Crippen molar-refractivity contribution in [3.05, 3.63) is 119 Å². The van der Waals surface area contributed by atoms with Gasteiger partial charge >= 0.3 is 5.97 Å². The van der Waals surface area contributed by atoms with E-state index in [1.807, 2.05) is 43.3 Å². The Kier molecular flexibility index (Phi) is 7.29. The third-order valence-corrected chi connectivity index (χ3v) is 7.38.